The summed E-state index contributed by atoms with van der Waals surface area (Å²) >= 11 is 18.7. The number of amides is 3. The van der Waals surface area contributed by atoms with Crippen LogP contribution in [0.2, 0.25) is 10.0 Å². The quantitative estimate of drug-likeness (QED) is 0.228. The zero-order chi connectivity index (χ0) is 24.4. The minimum atomic E-state index is -0.986. The number of anilines is 2. The summed E-state index contributed by atoms with van der Waals surface area (Å²) < 4.78 is 2.77. The van der Waals surface area contributed by atoms with Crippen molar-refractivity contribution in [2.45, 2.75) is 0 Å². The first-order valence-corrected chi connectivity index (χ1v) is 12.0. The van der Waals surface area contributed by atoms with E-state index in [1.165, 1.54) is 4.68 Å². The summed E-state index contributed by atoms with van der Waals surface area (Å²) in [6.07, 6.45) is 0. The third-order valence-electron chi connectivity index (χ3n) is 4.70. The van der Waals surface area contributed by atoms with Crippen molar-refractivity contribution in [2.24, 2.45) is 0 Å². The number of rotatable bonds is 4. The molecule has 0 aliphatic carbocycles. The second-order valence-electron chi connectivity index (χ2n) is 7.05. The van der Waals surface area contributed by atoms with Gasteiger partial charge in [0.25, 0.3) is 5.91 Å². The number of hydrogen-bond acceptors (Lipinski definition) is 3. The van der Waals surface area contributed by atoms with Crippen LogP contribution in [0.5, 0.6) is 0 Å². The summed E-state index contributed by atoms with van der Waals surface area (Å²) in [6.45, 7) is 0. The minimum absolute atomic E-state index is 0.117. The van der Waals surface area contributed by atoms with E-state index >= 15 is 0 Å². The van der Waals surface area contributed by atoms with E-state index in [4.69, 9.17) is 23.2 Å². The van der Waals surface area contributed by atoms with Gasteiger partial charge in [-0.3, -0.25) is 19.8 Å². The molecule has 0 radical (unpaired) electrons. The molecule has 0 spiro atoms. The highest BCUT2D eigenvalue weighted by Gasteiger charge is 2.22. The van der Waals surface area contributed by atoms with Crippen molar-refractivity contribution in [1.29, 1.82) is 0 Å². The highest BCUT2D eigenvalue weighted by atomic mass is 79.9. The van der Waals surface area contributed by atoms with E-state index in [1.54, 1.807) is 66.7 Å². The van der Waals surface area contributed by atoms with Crippen LogP contribution < -0.4 is 16.1 Å². The first kappa shape index (κ1) is 24.3. The van der Waals surface area contributed by atoms with Gasteiger partial charge in [0.05, 0.1) is 16.2 Å². The largest absolute Gasteiger partial charge is 0.328 e. The number of fused-ring (bicyclic) bond motifs is 1. The van der Waals surface area contributed by atoms with Gasteiger partial charge in [-0.2, -0.15) is 0 Å². The average Bonchev–Trinajstić information content (AvgIpc) is 3.14. The summed E-state index contributed by atoms with van der Waals surface area (Å²) in [6, 6.07) is 18.3. The monoisotopic (exact) mass is 622 g/mol. The van der Waals surface area contributed by atoms with Crippen LogP contribution >= 0.6 is 55.1 Å². The highest BCUT2D eigenvalue weighted by Crippen LogP contribution is 2.26. The van der Waals surface area contributed by atoms with Gasteiger partial charge in [0.2, 0.25) is 0 Å². The number of nitrogens with one attached hydrogen (secondary N) is 3. The molecule has 7 nitrogen and oxygen atoms in total. The normalized spacial score (nSPS) is 10.7. The van der Waals surface area contributed by atoms with Crippen LogP contribution in [0.15, 0.2) is 75.7 Å². The number of carbonyl (C=O) groups is 3. The lowest BCUT2D eigenvalue weighted by Gasteiger charge is -2.13. The van der Waals surface area contributed by atoms with E-state index in [1.807, 2.05) is 0 Å². The zero-order valence-corrected chi connectivity index (χ0v) is 21.7. The van der Waals surface area contributed by atoms with Crippen molar-refractivity contribution in [1.82, 2.24) is 4.68 Å². The van der Waals surface area contributed by atoms with E-state index < -0.39 is 17.7 Å². The molecule has 0 unspecified atom stereocenters. The molecular weight excluding hydrogens is 611 g/mol. The van der Waals surface area contributed by atoms with Crippen molar-refractivity contribution in [3.05, 3.63) is 91.4 Å². The first-order chi connectivity index (χ1) is 16.2. The molecule has 0 aliphatic rings. The molecule has 11 heteroatoms. The molecule has 3 aromatic carbocycles. The van der Waals surface area contributed by atoms with E-state index in [2.05, 4.69) is 47.9 Å². The Morgan fingerprint density at radius 3 is 2.15 bits per heavy atom. The maximum absolute atomic E-state index is 13.0. The standard InChI is InChI=1S/C23H14Br2Cl2N4O3/c24-13-2-8-19-12(9-13)10-20(21(32)28-16-5-3-15(26)4-6-16)31(19)30-23(34)22(33)29-18-7-1-14(25)11-17(18)27/h1-11H,(H,28,32)(H,29,33)(H,30,34). The highest BCUT2D eigenvalue weighted by molar-refractivity contribution is 9.10. The Bertz CT molecular complexity index is 1440. The van der Waals surface area contributed by atoms with Crippen LogP contribution in [0.3, 0.4) is 0 Å². The smallest absolute Gasteiger partial charge is 0.321 e. The molecule has 3 N–H and O–H groups in total. The van der Waals surface area contributed by atoms with E-state index in [9.17, 15) is 14.4 Å². The number of aromatic nitrogens is 1. The number of benzene rings is 3. The molecular formula is C23H14Br2Cl2N4O3. The molecule has 34 heavy (non-hydrogen) atoms. The van der Waals surface area contributed by atoms with Crippen LogP contribution in [-0.2, 0) is 9.59 Å². The lowest BCUT2D eigenvalue weighted by atomic mass is 10.2. The van der Waals surface area contributed by atoms with Crippen LogP contribution in [0.25, 0.3) is 10.9 Å². The van der Waals surface area contributed by atoms with E-state index in [-0.39, 0.29) is 16.4 Å². The lowest BCUT2D eigenvalue weighted by Crippen LogP contribution is -2.36. The van der Waals surface area contributed by atoms with Gasteiger partial charge >= 0.3 is 11.8 Å². The maximum Gasteiger partial charge on any atom is 0.328 e. The van der Waals surface area contributed by atoms with Gasteiger partial charge in [0, 0.05) is 25.0 Å². The Balaban J connectivity index is 1.62. The molecule has 4 aromatic rings. The molecule has 172 valence electrons. The Kier molecular flexibility index (Phi) is 7.27. The van der Waals surface area contributed by atoms with E-state index in [0.717, 1.165) is 8.95 Å². The molecule has 4 rings (SSSR count). The van der Waals surface area contributed by atoms with Gasteiger partial charge in [-0.25, -0.2) is 4.68 Å². The number of nitrogens with zero attached hydrogens (tertiary/aromatic N) is 1. The summed E-state index contributed by atoms with van der Waals surface area (Å²) in [4.78, 5) is 38.3. The summed E-state index contributed by atoms with van der Waals surface area (Å²) in [7, 11) is 0. The Labute approximate surface area is 220 Å². The number of hydrogen-bond donors (Lipinski definition) is 3. The first-order valence-electron chi connectivity index (χ1n) is 9.66. The fraction of sp³-hybridized carbons (Fsp3) is 0. The van der Waals surface area contributed by atoms with Gasteiger partial charge in [-0.15, -0.1) is 0 Å². The van der Waals surface area contributed by atoms with Gasteiger partial charge in [0.15, 0.2) is 0 Å². The van der Waals surface area contributed by atoms with Crippen molar-refractivity contribution >= 4 is 95.1 Å². The average molecular weight is 625 g/mol. The Hall–Kier alpha value is -2.85. The van der Waals surface area contributed by atoms with Crippen LogP contribution in [0.1, 0.15) is 10.5 Å². The van der Waals surface area contributed by atoms with Gasteiger partial charge in [-0.05, 0) is 66.7 Å². The molecule has 0 fully saturated rings. The second-order valence-corrected chi connectivity index (χ2v) is 9.72. The minimum Gasteiger partial charge on any atom is -0.321 e. The van der Waals surface area contributed by atoms with Crippen molar-refractivity contribution in [3.63, 3.8) is 0 Å². The summed E-state index contributed by atoms with van der Waals surface area (Å²) in [5.74, 6) is -2.43. The van der Waals surface area contributed by atoms with Gasteiger partial charge in [0.1, 0.15) is 5.69 Å². The fourth-order valence-electron chi connectivity index (χ4n) is 3.12. The summed E-state index contributed by atoms with van der Waals surface area (Å²) in [5.41, 5.74) is 3.92. The molecule has 0 aliphatic heterocycles. The molecule has 0 saturated carbocycles. The van der Waals surface area contributed by atoms with Crippen LogP contribution in [-0.4, -0.2) is 22.4 Å². The third-order valence-corrected chi connectivity index (χ3v) is 6.25. The summed E-state index contributed by atoms with van der Waals surface area (Å²) in [5, 5.41) is 6.68. The van der Waals surface area contributed by atoms with Crippen molar-refractivity contribution < 1.29 is 14.4 Å². The molecule has 3 amide bonds. The van der Waals surface area contributed by atoms with Crippen molar-refractivity contribution in [3.8, 4) is 0 Å². The Morgan fingerprint density at radius 1 is 0.765 bits per heavy atom. The van der Waals surface area contributed by atoms with Crippen LogP contribution in [0.4, 0.5) is 11.4 Å². The molecule has 1 heterocycles. The third kappa shape index (κ3) is 5.44. The second kappa shape index (κ2) is 10.2. The molecule has 1 aromatic heterocycles. The number of halogens is 4. The lowest BCUT2D eigenvalue weighted by molar-refractivity contribution is -0.133. The molecule has 0 atom stereocenters. The zero-order valence-electron chi connectivity index (χ0n) is 17.0. The predicted octanol–water partition coefficient (Wildman–Crippen LogP) is 6.43. The SMILES string of the molecule is O=C(Nc1ccc(Br)cc1Cl)C(=O)Nn1c(C(=O)Nc2ccc(Cl)cc2)cc2cc(Br)ccc21. The molecule has 0 saturated heterocycles. The molecule has 0 bridgehead atoms. The van der Waals surface area contributed by atoms with Crippen LogP contribution in [0, 0.1) is 0 Å². The van der Waals surface area contributed by atoms with Gasteiger partial charge in [-0.1, -0.05) is 55.1 Å². The van der Waals surface area contributed by atoms with E-state index in [0.29, 0.717) is 21.6 Å². The maximum atomic E-state index is 13.0. The fourth-order valence-corrected chi connectivity index (χ4v) is 4.35. The van der Waals surface area contributed by atoms with Crippen molar-refractivity contribution in [2.75, 3.05) is 16.1 Å². The number of carbonyl (C=O) groups excluding carboxylic acids is 3. The Morgan fingerprint density at radius 2 is 1.44 bits per heavy atom. The topological polar surface area (TPSA) is 92.2 Å². The van der Waals surface area contributed by atoms with Gasteiger partial charge < -0.3 is 10.6 Å². The predicted molar refractivity (Wildman–Crippen MR) is 141 cm³/mol.